The molecule has 0 radical (unpaired) electrons. The summed E-state index contributed by atoms with van der Waals surface area (Å²) in [4.78, 5) is 7.35. The summed E-state index contributed by atoms with van der Waals surface area (Å²) in [5, 5.41) is 0. The number of alkyl halides is 3. The summed E-state index contributed by atoms with van der Waals surface area (Å²) in [5.74, 6) is 0. The van der Waals surface area contributed by atoms with E-state index in [1.807, 2.05) is 0 Å². The minimum atomic E-state index is -3.67. The molecule has 1 N–H and O–H groups in total. The Bertz CT molecular complexity index is 134. The minimum Gasteiger partial charge on any atom is -0.245 e. The third-order valence-corrected chi connectivity index (χ3v) is 0.478. The highest BCUT2D eigenvalue weighted by atomic mass is 32.1. The third kappa shape index (κ3) is 23.1. The molecule has 3 nitrogen and oxygen atoms in total. The van der Waals surface area contributed by atoms with Crippen LogP contribution >= 0.6 is 0 Å². The van der Waals surface area contributed by atoms with Crippen molar-refractivity contribution in [3.05, 3.63) is 24.8 Å². The molecule has 0 spiro atoms. The molecule has 0 atom stereocenters. The van der Waals surface area contributed by atoms with Crippen LogP contribution in [-0.4, -0.2) is 16.6 Å². The quantitative estimate of drug-likeness (QED) is 0.691. The van der Waals surface area contributed by atoms with Crippen molar-refractivity contribution in [1.82, 2.24) is 9.97 Å². The zero-order chi connectivity index (χ0) is 9.82. The van der Waals surface area contributed by atoms with E-state index in [-0.39, 0.29) is 0 Å². The second-order valence-electron chi connectivity index (χ2n) is 1.15. The van der Waals surface area contributed by atoms with Gasteiger partial charge in [-0.1, -0.05) is 0 Å². The van der Waals surface area contributed by atoms with E-state index in [0.29, 0.717) is 0 Å². The molecular formula is C5H6F3N3S. The van der Waals surface area contributed by atoms with E-state index in [9.17, 15) is 13.2 Å². The van der Waals surface area contributed by atoms with Gasteiger partial charge in [-0.05, 0) is 6.07 Å². The normalized spacial score (nSPS) is 7.33. The summed E-state index contributed by atoms with van der Waals surface area (Å²) in [6, 6.07) is 1.78. The second-order valence-corrected chi connectivity index (χ2v) is 1.15. The Balaban J connectivity index is 0. The highest BCUT2D eigenvalue weighted by Gasteiger charge is 1.86. The van der Waals surface area contributed by atoms with Crippen molar-refractivity contribution in [2.24, 2.45) is 0 Å². The van der Waals surface area contributed by atoms with Crippen molar-refractivity contribution >= 4 is 12.4 Å². The van der Waals surface area contributed by atoms with E-state index >= 15 is 0 Å². The highest BCUT2D eigenvalue weighted by Crippen LogP contribution is 1.87. The lowest BCUT2D eigenvalue weighted by molar-refractivity contribution is 0.00819. The molecule has 0 saturated carbocycles. The molecule has 1 heterocycles. The lowest BCUT2D eigenvalue weighted by Gasteiger charge is -1.70. The zero-order valence-electron chi connectivity index (χ0n) is 5.82. The number of halogens is 3. The molecule has 1 rings (SSSR count). The monoisotopic (exact) mass is 197 g/mol. The van der Waals surface area contributed by atoms with Gasteiger partial charge in [0.15, 0.2) is 0 Å². The van der Waals surface area contributed by atoms with Crippen LogP contribution in [0.1, 0.15) is 0 Å². The van der Waals surface area contributed by atoms with Gasteiger partial charge in [-0.2, -0.15) is 13.2 Å². The number of rotatable bonds is 0. The number of hydrogen-bond acceptors (Lipinski definition) is 4. The lowest BCUT2D eigenvalue weighted by Crippen LogP contribution is -1.66. The molecule has 1 aromatic heterocycles. The van der Waals surface area contributed by atoms with Crippen LogP contribution in [0.5, 0.6) is 0 Å². The van der Waals surface area contributed by atoms with Crippen LogP contribution in [0.15, 0.2) is 24.8 Å². The van der Waals surface area contributed by atoms with Crippen LogP contribution in [0, 0.1) is 4.78 Å². The molecule has 0 aliphatic carbocycles. The van der Waals surface area contributed by atoms with Crippen molar-refractivity contribution in [2.45, 2.75) is 6.68 Å². The molecular weight excluding hydrogens is 191 g/mol. The first-order valence-corrected chi connectivity index (χ1v) is 2.97. The Hall–Kier alpha value is -1.11. The van der Waals surface area contributed by atoms with Gasteiger partial charge in [0.25, 0.3) is 0 Å². The molecule has 12 heavy (non-hydrogen) atoms. The zero-order valence-corrected chi connectivity index (χ0v) is 6.64. The van der Waals surface area contributed by atoms with Gasteiger partial charge in [0.05, 0.1) is 0 Å². The maximum Gasteiger partial charge on any atom is 0.379 e. The summed E-state index contributed by atoms with van der Waals surface area (Å²) in [5.41, 5.74) is 0. The van der Waals surface area contributed by atoms with Crippen molar-refractivity contribution in [1.29, 1.82) is 4.78 Å². The molecule has 0 fully saturated rings. The predicted molar refractivity (Wildman–Crippen MR) is 39.2 cm³/mol. The van der Waals surface area contributed by atoms with Crippen molar-refractivity contribution < 1.29 is 13.2 Å². The van der Waals surface area contributed by atoms with Crippen LogP contribution in [0.4, 0.5) is 13.2 Å². The number of nitrogens with zero attached hydrogens (tertiary/aromatic N) is 2. The van der Waals surface area contributed by atoms with Gasteiger partial charge in [-0.15, -0.1) is 0 Å². The van der Waals surface area contributed by atoms with Crippen LogP contribution in [0.3, 0.4) is 0 Å². The van der Waals surface area contributed by atoms with Crippen molar-refractivity contribution in [3.8, 4) is 0 Å². The fraction of sp³-hybridized carbons (Fsp3) is 0.200. The average Bonchev–Trinajstić information content (AvgIpc) is 2.10. The van der Waals surface area contributed by atoms with Crippen LogP contribution in [0.25, 0.3) is 0 Å². The molecule has 1 aromatic rings. The first-order valence-electron chi connectivity index (χ1n) is 2.56. The molecule has 0 aliphatic heterocycles. The Kier molecular flexibility index (Phi) is 14.1. The van der Waals surface area contributed by atoms with E-state index in [4.69, 9.17) is 4.78 Å². The predicted octanol–water partition coefficient (Wildman–Crippen LogP) is 1.95. The van der Waals surface area contributed by atoms with E-state index < -0.39 is 6.68 Å². The molecule has 0 amide bonds. The molecule has 0 aromatic carbocycles. The number of aromatic nitrogens is 2. The number of nitrogens with one attached hydrogen (secondary N) is 1. The molecule has 0 unspecified atom stereocenters. The summed E-state index contributed by atoms with van der Waals surface area (Å²) >= 11 is 3.33. The van der Waals surface area contributed by atoms with Gasteiger partial charge in [0.2, 0.25) is 0 Å². The highest BCUT2D eigenvalue weighted by molar-refractivity contribution is 7.45. The number of hydrogen-bond donors (Lipinski definition) is 1. The van der Waals surface area contributed by atoms with Gasteiger partial charge >= 0.3 is 6.68 Å². The van der Waals surface area contributed by atoms with E-state index in [1.54, 1.807) is 18.5 Å². The van der Waals surface area contributed by atoms with Gasteiger partial charge in [-0.25, -0.2) is 14.7 Å². The first-order chi connectivity index (χ1) is 5.73. The van der Waals surface area contributed by atoms with E-state index in [1.165, 1.54) is 6.33 Å². The maximum absolute atomic E-state index is 9.67. The van der Waals surface area contributed by atoms with Crippen molar-refractivity contribution in [3.63, 3.8) is 0 Å². The molecule has 7 heteroatoms. The average molecular weight is 197 g/mol. The van der Waals surface area contributed by atoms with Gasteiger partial charge in [0, 0.05) is 24.8 Å². The Morgan fingerprint density at radius 1 is 1.08 bits per heavy atom. The fourth-order valence-electron chi connectivity index (χ4n) is 0.253. The largest absolute Gasteiger partial charge is 0.379 e. The Morgan fingerprint density at radius 2 is 1.42 bits per heavy atom. The van der Waals surface area contributed by atoms with Crippen molar-refractivity contribution in [2.75, 3.05) is 0 Å². The lowest BCUT2D eigenvalue weighted by atomic mass is 10.7. The SMILES string of the molecule is FC(F)F.N=S.c1cncnc1. The van der Waals surface area contributed by atoms with E-state index in [0.717, 1.165) is 0 Å². The summed E-state index contributed by atoms with van der Waals surface area (Å²) in [6.45, 7) is -3.67. The van der Waals surface area contributed by atoms with Gasteiger partial charge in [-0.3, -0.25) is 0 Å². The molecule has 68 valence electrons. The smallest absolute Gasteiger partial charge is 0.245 e. The third-order valence-electron chi connectivity index (χ3n) is 0.478. The minimum absolute atomic E-state index is 1.50. The van der Waals surface area contributed by atoms with Gasteiger partial charge < -0.3 is 0 Å². The van der Waals surface area contributed by atoms with Gasteiger partial charge in [0.1, 0.15) is 6.33 Å². The fourth-order valence-corrected chi connectivity index (χ4v) is 0.253. The first kappa shape index (κ1) is 13.5. The standard InChI is InChI=1S/C4H4N2.CHF3.HNS/c1-2-5-4-6-3-1;2-1(3)4;1-2/h1-4H;1H;1H. The van der Waals surface area contributed by atoms with Crippen LogP contribution < -0.4 is 0 Å². The maximum atomic E-state index is 9.67. The molecule has 0 aliphatic rings. The molecule has 0 bridgehead atoms. The Labute approximate surface area is 72.6 Å². The summed E-state index contributed by atoms with van der Waals surface area (Å²) < 4.78 is 34.3. The summed E-state index contributed by atoms with van der Waals surface area (Å²) in [6.07, 6.45) is 4.88. The topological polar surface area (TPSA) is 49.6 Å². The Morgan fingerprint density at radius 3 is 1.50 bits per heavy atom. The summed E-state index contributed by atoms with van der Waals surface area (Å²) in [7, 11) is 0. The van der Waals surface area contributed by atoms with E-state index in [2.05, 4.69) is 22.4 Å². The van der Waals surface area contributed by atoms with Crippen LogP contribution in [-0.2, 0) is 12.4 Å². The van der Waals surface area contributed by atoms with Crippen LogP contribution in [0.2, 0.25) is 0 Å². The second kappa shape index (κ2) is 12.6. The molecule has 0 saturated heterocycles.